The molecule has 1 fully saturated rings. The first-order valence-corrected chi connectivity index (χ1v) is 5.92. The number of hydrogen-bond donors (Lipinski definition) is 0. The van der Waals surface area contributed by atoms with Crippen molar-refractivity contribution in [3.63, 3.8) is 0 Å². The number of rotatable bonds is 5. The molecule has 94 valence electrons. The van der Waals surface area contributed by atoms with Crippen LogP contribution < -0.4 is 0 Å². The first-order valence-electron chi connectivity index (χ1n) is 5.92. The normalized spacial score (nSPS) is 14.4. The van der Waals surface area contributed by atoms with Gasteiger partial charge in [0.15, 0.2) is 0 Å². The molecule has 0 amide bonds. The largest absolute Gasteiger partial charge is 0.380 e. The number of nitrogens with zero attached hydrogens (tertiary/aromatic N) is 1. The molecular weight excluding hydrogens is 214 g/mol. The van der Waals surface area contributed by atoms with E-state index in [1.54, 1.807) is 0 Å². The van der Waals surface area contributed by atoms with Gasteiger partial charge in [0.25, 0.3) is 0 Å². The van der Waals surface area contributed by atoms with E-state index in [-0.39, 0.29) is 0 Å². The van der Waals surface area contributed by atoms with E-state index < -0.39 is 0 Å². The van der Waals surface area contributed by atoms with E-state index in [1.165, 1.54) is 5.56 Å². The molecule has 0 bridgehead atoms. The molecule has 1 aliphatic rings. The highest BCUT2D eigenvalue weighted by Crippen LogP contribution is 1.99. The maximum atomic E-state index is 5.14. The van der Waals surface area contributed by atoms with Crippen LogP contribution in [0.5, 0.6) is 0 Å². The molecule has 0 aliphatic carbocycles. The minimum atomic E-state index is 0.785. The lowest BCUT2D eigenvalue weighted by atomic mass is 10.2. The van der Waals surface area contributed by atoms with Crippen LogP contribution in [0.1, 0.15) is 12.5 Å². The van der Waals surface area contributed by atoms with Crippen molar-refractivity contribution in [3.05, 3.63) is 42.5 Å². The van der Waals surface area contributed by atoms with Crippen LogP contribution in [-0.2, 0) is 9.47 Å². The minimum Gasteiger partial charge on any atom is -0.380 e. The van der Waals surface area contributed by atoms with E-state index >= 15 is 0 Å². The Balaban J connectivity index is 0.000000171. The molecule has 0 radical (unpaired) electrons. The summed E-state index contributed by atoms with van der Waals surface area (Å²) in [6.07, 6.45) is 1.83. The fourth-order valence-corrected chi connectivity index (χ4v) is 1.28. The van der Waals surface area contributed by atoms with E-state index in [9.17, 15) is 0 Å². The SMILES string of the molecule is C=Cc1ccccc1.CCOCCN1COC1. The molecule has 1 aromatic carbocycles. The van der Waals surface area contributed by atoms with Crippen molar-refractivity contribution in [1.82, 2.24) is 4.90 Å². The monoisotopic (exact) mass is 235 g/mol. The summed E-state index contributed by atoms with van der Waals surface area (Å²) in [6, 6.07) is 10.0. The molecule has 1 aromatic rings. The van der Waals surface area contributed by atoms with Gasteiger partial charge < -0.3 is 9.47 Å². The van der Waals surface area contributed by atoms with Crippen molar-refractivity contribution in [2.45, 2.75) is 6.92 Å². The number of benzene rings is 1. The van der Waals surface area contributed by atoms with Crippen LogP contribution >= 0.6 is 0 Å². The standard InChI is InChI=1S/C8H8.C6H13NO2/c1-2-8-6-4-3-5-7-8;1-2-8-4-3-7-5-9-6-7/h2-7H,1H2;2-6H2,1H3. The highest BCUT2D eigenvalue weighted by molar-refractivity contribution is 5.45. The minimum absolute atomic E-state index is 0.785. The second-order valence-corrected chi connectivity index (χ2v) is 3.67. The molecule has 0 spiro atoms. The summed E-state index contributed by atoms with van der Waals surface area (Å²) in [5.74, 6) is 0. The van der Waals surface area contributed by atoms with Gasteiger partial charge in [-0.1, -0.05) is 43.0 Å². The quantitative estimate of drug-likeness (QED) is 0.732. The fraction of sp³-hybridized carbons (Fsp3) is 0.429. The van der Waals surface area contributed by atoms with Crippen LogP contribution in [-0.4, -0.2) is 38.1 Å². The number of ether oxygens (including phenoxy) is 2. The maximum absolute atomic E-state index is 5.14. The van der Waals surface area contributed by atoms with Gasteiger partial charge in [0, 0.05) is 13.2 Å². The molecule has 0 atom stereocenters. The Bertz CT molecular complexity index is 296. The van der Waals surface area contributed by atoms with Crippen LogP contribution in [0.25, 0.3) is 6.08 Å². The molecule has 0 unspecified atom stereocenters. The van der Waals surface area contributed by atoms with Crippen molar-refractivity contribution in [2.75, 3.05) is 33.2 Å². The Hall–Kier alpha value is -1.16. The lowest BCUT2D eigenvalue weighted by Crippen LogP contribution is -2.41. The molecule has 3 heteroatoms. The highest BCUT2D eigenvalue weighted by Gasteiger charge is 2.12. The van der Waals surface area contributed by atoms with Crippen molar-refractivity contribution in [3.8, 4) is 0 Å². The molecule has 1 heterocycles. The summed E-state index contributed by atoms with van der Waals surface area (Å²) in [5, 5.41) is 0. The predicted octanol–water partition coefficient (Wildman–Crippen LogP) is 2.60. The summed E-state index contributed by atoms with van der Waals surface area (Å²) in [5.41, 5.74) is 1.17. The molecule has 17 heavy (non-hydrogen) atoms. The van der Waals surface area contributed by atoms with E-state index in [0.29, 0.717) is 0 Å². The lowest BCUT2D eigenvalue weighted by Gasteiger charge is -2.30. The van der Waals surface area contributed by atoms with Crippen molar-refractivity contribution < 1.29 is 9.47 Å². The van der Waals surface area contributed by atoms with Crippen LogP contribution in [0.15, 0.2) is 36.9 Å². The van der Waals surface area contributed by atoms with Crippen LogP contribution in [0, 0.1) is 0 Å². The predicted molar refractivity (Wildman–Crippen MR) is 70.6 cm³/mol. The number of hydrogen-bond acceptors (Lipinski definition) is 3. The van der Waals surface area contributed by atoms with Gasteiger partial charge in [-0.3, -0.25) is 4.90 Å². The molecular formula is C14H21NO2. The Morgan fingerprint density at radius 2 is 2.06 bits per heavy atom. The first-order chi connectivity index (χ1) is 8.36. The van der Waals surface area contributed by atoms with Gasteiger partial charge in [-0.05, 0) is 12.5 Å². The molecule has 1 aliphatic heterocycles. The summed E-state index contributed by atoms with van der Waals surface area (Å²) in [4.78, 5) is 2.19. The van der Waals surface area contributed by atoms with Gasteiger partial charge in [0.1, 0.15) is 13.5 Å². The average molecular weight is 235 g/mol. The van der Waals surface area contributed by atoms with E-state index in [2.05, 4.69) is 11.5 Å². The topological polar surface area (TPSA) is 21.7 Å². The molecule has 3 nitrogen and oxygen atoms in total. The Morgan fingerprint density at radius 1 is 1.35 bits per heavy atom. The molecule has 0 N–H and O–H groups in total. The maximum Gasteiger partial charge on any atom is 0.103 e. The van der Waals surface area contributed by atoms with Gasteiger partial charge in [-0.25, -0.2) is 0 Å². The van der Waals surface area contributed by atoms with Gasteiger partial charge >= 0.3 is 0 Å². The Morgan fingerprint density at radius 3 is 2.47 bits per heavy atom. The average Bonchev–Trinajstić information content (AvgIpc) is 2.34. The zero-order valence-electron chi connectivity index (χ0n) is 10.5. The van der Waals surface area contributed by atoms with Crippen molar-refractivity contribution in [1.29, 1.82) is 0 Å². The first kappa shape index (κ1) is 13.9. The van der Waals surface area contributed by atoms with Crippen molar-refractivity contribution >= 4 is 6.08 Å². The summed E-state index contributed by atoms with van der Waals surface area (Å²) in [7, 11) is 0. The van der Waals surface area contributed by atoms with Crippen LogP contribution in [0.3, 0.4) is 0 Å². The summed E-state index contributed by atoms with van der Waals surface area (Å²) < 4.78 is 10.1. The van der Waals surface area contributed by atoms with Crippen LogP contribution in [0.2, 0.25) is 0 Å². The van der Waals surface area contributed by atoms with Gasteiger partial charge in [-0.15, -0.1) is 0 Å². The zero-order chi connectivity index (χ0) is 12.3. The van der Waals surface area contributed by atoms with E-state index in [1.807, 2.05) is 43.3 Å². The Kier molecular flexibility index (Phi) is 7.30. The third kappa shape index (κ3) is 6.22. The lowest BCUT2D eigenvalue weighted by molar-refractivity contribution is -0.149. The summed E-state index contributed by atoms with van der Waals surface area (Å²) >= 11 is 0. The second-order valence-electron chi connectivity index (χ2n) is 3.67. The fourth-order valence-electron chi connectivity index (χ4n) is 1.28. The van der Waals surface area contributed by atoms with Crippen molar-refractivity contribution in [2.24, 2.45) is 0 Å². The van der Waals surface area contributed by atoms with Gasteiger partial charge in [-0.2, -0.15) is 0 Å². The molecule has 0 aromatic heterocycles. The Labute approximate surface area is 104 Å². The summed E-state index contributed by atoms with van der Waals surface area (Å²) in [6.45, 7) is 9.86. The highest BCUT2D eigenvalue weighted by atomic mass is 16.5. The van der Waals surface area contributed by atoms with Gasteiger partial charge in [0.2, 0.25) is 0 Å². The van der Waals surface area contributed by atoms with Crippen LogP contribution in [0.4, 0.5) is 0 Å². The third-order valence-electron chi connectivity index (χ3n) is 2.34. The third-order valence-corrected chi connectivity index (χ3v) is 2.34. The van der Waals surface area contributed by atoms with E-state index in [0.717, 1.165) is 33.2 Å². The van der Waals surface area contributed by atoms with E-state index in [4.69, 9.17) is 9.47 Å². The smallest absolute Gasteiger partial charge is 0.103 e. The second kappa shape index (κ2) is 8.93. The molecule has 2 rings (SSSR count). The van der Waals surface area contributed by atoms with Gasteiger partial charge in [0.05, 0.1) is 6.61 Å². The molecule has 0 saturated carbocycles. The molecule has 1 saturated heterocycles. The zero-order valence-corrected chi connectivity index (χ0v) is 10.5.